The SMILES string of the molecule is CC1CCC(N)(Cc2ncnn2C(C)C)C(C)C1. The van der Waals surface area contributed by atoms with Gasteiger partial charge in [0.25, 0.3) is 0 Å². The molecule has 4 heteroatoms. The molecule has 0 aliphatic heterocycles. The summed E-state index contributed by atoms with van der Waals surface area (Å²) in [5.74, 6) is 2.40. The molecule has 0 saturated heterocycles. The molecule has 1 aromatic heterocycles. The van der Waals surface area contributed by atoms with Crippen LogP contribution < -0.4 is 5.73 Å². The van der Waals surface area contributed by atoms with E-state index >= 15 is 0 Å². The maximum Gasteiger partial charge on any atom is 0.138 e. The summed E-state index contributed by atoms with van der Waals surface area (Å²) in [5, 5.41) is 4.30. The molecule has 102 valence electrons. The smallest absolute Gasteiger partial charge is 0.138 e. The fourth-order valence-corrected chi connectivity index (χ4v) is 3.11. The van der Waals surface area contributed by atoms with E-state index in [1.54, 1.807) is 6.33 Å². The summed E-state index contributed by atoms with van der Waals surface area (Å²) in [7, 11) is 0. The van der Waals surface area contributed by atoms with E-state index in [-0.39, 0.29) is 5.54 Å². The fourth-order valence-electron chi connectivity index (χ4n) is 3.11. The van der Waals surface area contributed by atoms with Gasteiger partial charge in [0.1, 0.15) is 12.2 Å². The average molecular weight is 250 g/mol. The Labute approximate surface area is 110 Å². The van der Waals surface area contributed by atoms with Crippen molar-refractivity contribution in [2.24, 2.45) is 17.6 Å². The molecule has 1 fully saturated rings. The first kappa shape index (κ1) is 13.5. The monoisotopic (exact) mass is 250 g/mol. The average Bonchev–Trinajstić information content (AvgIpc) is 2.72. The van der Waals surface area contributed by atoms with Gasteiger partial charge in [-0.25, -0.2) is 9.67 Å². The summed E-state index contributed by atoms with van der Waals surface area (Å²) in [6, 6.07) is 0.351. The van der Waals surface area contributed by atoms with Crippen molar-refractivity contribution in [2.75, 3.05) is 0 Å². The van der Waals surface area contributed by atoms with Gasteiger partial charge in [-0.3, -0.25) is 0 Å². The molecule has 2 rings (SSSR count). The Hall–Kier alpha value is -0.900. The Morgan fingerprint density at radius 3 is 2.83 bits per heavy atom. The van der Waals surface area contributed by atoms with Crippen molar-refractivity contribution in [1.29, 1.82) is 0 Å². The second kappa shape index (κ2) is 5.00. The minimum absolute atomic E-state index is 0.105. The summed E-state index contributed by atoms with van der Waals surface area (Å²) in [6.45, 7) is 8.87. The Morgan fingerprint density at radius 1 is 1.50 bits per heavy atom. The van der Waals surface area contributed by atoms with Gasteiger partial charge in [0, 0.05) is 18.0 Å². The van der Waals surface area contributed by atoms with Crippen LogP contribution in [0.25, 0.3) is 0 Å². The molecule has 0 bridgehead atoms. The van der Waals surface area contributed by atoms with Crippen LogP contribution in [0.4, 0.5) is 0 Å². The van der Waals surface area contributed by atoms with Crippen LogP contribution in [-0.2, 0) is 6.42 Å². The zero-order valence-electron chi connectivity index (χ0n) is 12.1. The highest BCUT2D eigenvalue weighted by molar-refractivity contribution is 5.03. The maximum absolute atomic E-state index is 6.64. The number of nitrogens with zero attached hydrogens (tertiary/aromatic N) is 3. The minimum Gasteiger partial charge on any atom is -0.324 e. The van der Waals surface area contributed by atoms with Gasteiger partial charge in [-0.15, -0.1) is 0 Å². The van der Waals surface area contributed by atoms with Crippen molar-refractivity contribution >= 4 is 0 Å². The standard InChI is InChI=1S/C14H26N4/c1-10(2)18-13(16-9-17-18)8-14(15)6-5-11(3)7-12(14)4/h9-12H,5-8,15H2,1-4H3. The topological polar surface area (TPSA) is 56.7 Å². The third-order valence-corrected chi connectivity index (χ3v) is 4.46. The van der Waals surface area contributed by atoms with Crippen LogP contribution in [0, 0.1) is 11.8 Å². The van der Waals surface area contributed by atoms with Crippen molar-refractivity contribution in [3.63, 3.8) is 0 Å². The van der Waals surface area contributed by atoms with E-state index in [9.17, 15) is 0 Å². The number of rotatable bonds is 3. The molecule has 2 N–H and O–H groups in total. The van der Waals surface area contributed by atoms with Gasteiger partial charge in [-0.2, -0.15) is 5.10 Å². The fraction of sp³-hybridized carbons (Fsp3) is 0.857. The Balaban J connectivity index is 2.14. The quantitative estimate of drug-likeness (QED) is 0.897. The summed E-state index contributed by atoms with van der Waals surface area (Å²) in [5.41, 5.74) is 6.54. The number of hydrogen-bond donors (Lipinski definition) is 1. The van der Waals surface area contributed by atoms with E-state index in [0.717, 1.165) is 24.6 Å². The van der Waals surface area contributed by atoms with Crippen LogP contribution in [0.5, 0.6) is 0 Å². The van der Waals surface area contributed by atoms with Crippen LogP contribution in [0.2, 0.25) is 0 Å². The first-order chi connectivity index (χ1) is 8.42. The molecule has 3 atom stereocenters. The van der Waals surface area contributed by atoms with E-state index < -0.39 is 0 Å². The van der Waals surface area contributed by atoms with E-state index in [0.29, 0.717) is 12.0 Å². The van der Waals surface area contributed by atoms with Crippen LogP contribution in [0.1, 0.15) is 58.8 Å². The van der Waals surface area contributed by atoms with Crippen LogP contribution >= 0.6 is 0 Å². The van der Waals surface area contributed by atoms with Gasteiger partial charge in [-0.05, 0) is 44.9 Å². The minimum atomic E-state index is -0.105. The van der Waals surface area contributed by atoms with Crippen molar-refractivity contribution in [3.05, 3.63) is 12.2 Å². The Bertz CT molecular complexity index is 398. The van der Waals surface area contributed by atoms with Gasteiger partial charge in [0.15, 0.2) is 0 Å². The maximum atomic E-state index is 6.64. The molecular weight excluding hydrogens is 224 g/mol. The molecule has 0 radical (unpaired) electrons. The number of aromatic nitrogens is 3. The van der Waals surface area contributed by atoms with E-state index in [4.69, 9.17) is 5.73 Å². The molecular formula is C14H26N4. The van der Waals surface area contributed by atoms with Gasteiger partial charge < -0.3 is 5.73 Å². The lowest BCUT2D eigenvalue weighted by Gasteiger charge is -2.41. The summed E-state index contributed by atoms with van der Waals surface area (Å²) in [6.07, 6.45) is 6.05. The largest absolute Gasteiger partial charge is 0.324 e. The lowest BCUT2D eigenvalue weighted by atomic mass is 9.69. The summed E-state index contributed by atoms with van der Waals surface area (Å²) < 4.78 is 2.00. The molecule has 4 nitrogen and oxygen atoms in total. The van der Waals surface area contributed by atoms with Crippen molar-refractivity contribution in [1.82, 2.24) is 14.8 Å². The highest BCUT2D eigenvalue weighted by atomic mass is 15.3. The Kier molecular flexibility index (Phi) is 3.76. The molecule has 1 aliphatic rings. The molecule has 0 aromatic carbocycles. The van der Waals surface area contributed by atoms with Gasteiger partial charge in [-0.1, -0.05) is 13.8 Å². The van der Waals surface area contributed by atoms with Gasteiger partial charge in [0.05, 0.1) is 0 Å². The molecule has 1 saturated carbocycles. The first-order valence-corrected chi connectivity index (χ1v) is 7.09. The molecule has 0 amide bonds. The molecule has 1 aromatic rings. The molecule has 1 heterocycles. The zero-order chi connectivity index (χ0) is 13.3. The highest BCUT2D eigenvalue weighted by Crippen LogP contribution is 2.37. The number of hydrogen-bond acceptors (Lipinski definition) is 3. The van der Waals surface area contributed by atoms with Gasteiger partial charge >= 0.3 is 0 Å². The van der Waals surface area contributed by atoms with E-state index in [1.807, 2.05) is 4.68 Å². The van der Waals surface area contributed by atoms with Crippen molar-refractivity contribution in [3.8, 4) is 0 Å². The molecule has 18 heavy (non-hydrogen) atoms. The zero-order valence-corrected chi connectivity index (χ0v) is 12.1. The summed E-state index contributed by atoms with van der Waals surface area (Å²) in [4.78, 5) is 4.40. The third kappa shape index (κ3) is 2.58. The van der Waals surface area contributed by atoms with E-state index in [1.165, 1.54) is 12.8 Å². The van der Waals surface area contributed by atoms with E-state index in [2.05, 4.69) is 37.8 Å². The van der Waals surface area contributed by atoms with Gasteiger partial charge in [0.2, 0.25) is 0 Å². The number of nitrogens with two attached hydrogens (primary N) is 1. The van der Waals surface area contributed by atoms with Crippen LogP contribution in [0.3, 0.4) is 0 Å². The summed E-state index contributed by atoms with van der Waals surface area (Å²) >= 11 is 0. The molecule has 3 unspecified atom stereocenters. The van der Waals surface area contributed by atoms with Crippen molar-refractivity contribution < 1.29 is 0 Å². The predicted molar refractivity (Wildman–Crippen MR) is 73.2 cm³/mol. The van der Waals surface area contributed by atoms with Crippen molar-refractivity contribution in [2.45, 2.75) is 65.0 Å². The Morgan fingerprint density at radius 2 is 2.22 bits per heavy atom. The van der Waals surface area contributed by atoms with Crippen LogP contribution in [-0.4, -0.2) is 20.3 Å². The molecule has 1 aliphatic carbocycles. The second-order valence-electron chi connectivity index (χ2n) is 6.41. The predicted octanol–water partition coefficient (Wildman–Crippen LogP) is 2.56. The first-order valence-electron chi connectivity index (χ1n) is 7.09. The lowest BCUT2D eigenvalue weighted by Crippen LogP contribution is -2.51. The third-order valence-electron chi connectivity index (χ3n) is 4.46. The van der Waals surface area contributed by atoms with Crippen LogP contribution in [0.15, 0.2) is 6.33 Å². The normalized spacial score (nSPS) is 33.0. The molecule has 0 spiro atoms. The lowest BCUT2D eigenvalue weighted by molar-refractivity contribution is 0.159. The second-order valence-corrected chi connectivity index (χ2v) is 6.41. The highest BCUT2D eigenvalue weighted by Gasteiger charge is 2.38.